The standard InChI is InChI=1S/C15H10BrF2N3/c1-7-2-4-10(17)12(13(7)18)15-20-11-5-3-8(16)6-9(11)14(19)21-15/h2-6H,1H3,(H2,19,20,21). The van der Waals surface area contributed by atoms with Crippen LogP contribution in [0.1, 0.15) is 5.56 Å². The van der Waals surface area contributed by atoms with Gasteiger partial charge in [-0.15, -0.1) is 0 Å². The number of aromatic nitrogens is 2. The maximum absolute atomic E-state index is 14.2. The predicted molar refractivity (Wildman–Crippen MR) is 81.7 cm³/mol. The van der Waals surface area contributed by atoms with Crippen molar-refractivity contribution in [1.82, 2.24) is 9.97 Å². The third-order valence-corrected chi connectivity index (χ3v) is 3.69. The van der Waals surface area contributed by atoms with Gasteiger partial charge in [-0.1, -0.05) is 22.0 Å². The number of hydrogen-bond donors (Lipinski definition) is 1. The normalized spacial score (nSPS) is 11.0. The molecule has 0 atom stereocenters. The number of aryl methyl sites for hydroxylation is 1. The molecule has 1 aromatic heterocycles. The Kier molecular flexibility index (Phi) is 3.33. The van der Waals surface area contributed by atoms with Crippen LogP contribution in [0.3, 0.4) is 0 Å². The van der Waals surface area contributed by atoms with Crippen molar-refractivity contribution in [2.75, 3.05) is 5.73 Å². The molecular weight excluding hydrogens is 340 g/mol. The van der Waals surface area contributed by atoms with Crippen LogP contribution in [0.25, 0.3) is 22.3 Å². The van der Waals surface area contributed by atoms with Crippen molar-refractivity contribution in [1.29, 1.82) is 0 Å². The summed E-state index contributed by atoms with van der Waals surface area (Å²) in [7, 11) is 0. The van der Waals surface area contributed by atoms with Gasteiger partial charge in [0.15, 0.2) is 5.82 Å². The highest BCUT2D eigenvalue weighted by Crippen LogP contribution is 2.29. The van der Waals surface area contributed by atoms with Gasteiger partial charge in [-0.05, 0) is 36.8 Å². The zero-order valence-electron chi connectivity index (χ0n) is 11.0. The first kappa shape index (κ1) is 13.9. The number of nitrogens with zero attached hydrogens (tertiary/aromatic N) is 2. The van der Waals surface area contributed by atoms with Crippen molar-refractivity contribution < 1.29 is 8.78 Å². The van der Waals surface area contributed by atoms with Crippen LogP contribution in [0.15, 0.2) is 34.8 Å². The lowest BCUT2D eigenvalue weighted by Crippen LogP contribution is -2.02. The fourth-order valence-electron chi connectivity index (χ4n) is 2.10. The minimum absolute atomic E-state index is 0.0546. The summed E-state index contributed by atoms with van der Waals surface area (Å²) in [6, 6.07) is 7.82. The Hall–Kier alpha value is -2.08. The van der Waals surface area contributed by atoms with Crippen LogP contribution in [0.4, 0.5) is 14.6 Å². The van der Waals surface area contributed by atoms with Gasteiger partial charge in [0.25, 0.3) is 0 Å². The molecule has 0 bridgehead atoms. The monoisotopic (exact) mass is 349 g/mol. The van der Waals surface area contributed by atoms with Crippen molar-refractivity contribution in [3.63, 3.8) is 0 Å². The SMILES string of the molecule is Cc1ccc(F)c(-c2nc(N)c3cc(Br)ccc3n2)c1F. The van der Waals surface area contributed by atoms with Gasteiger partial charge in [0.2, 0.25) is 0 Å². The first-order valence-corrected chi connectivity index (χ1v) is 6.94. The van der Waals surface area contributed by atoms with Crippen molar-refractivity contribution in [3.8, 4) is 11.4 Å². The molecule has 3 aromatic rings. The van der Waals surface area contributed by atoms with Crippen molar-refractivity contribution in [2.24, 2.45) is 0 Å². The molecule has 0 fully saturated rings. The molecule has 2 aromatic carbocycles. The Morgan fingerprint density at radius 2 is 1.86 bits per heavy atom. The minimum atomic E-state index is -0.714. The number of benzene rings is 2. The maximum atomic E-state index is 14.2. The number of fused-ring (bicyclic) bond motifs is 1. The summed E-state index contributed by atoms with van der Waals surface area (Å²) in [5, 5.41) is 0.626. The molecule has 21 heavy (non-hydrogen) atoms. The second kappa shape index (κ2) is 5.04. The van der Waals surface area contributed by atoms with E-state index < -0.39 is 11.6 Å². The van der Waals surface area contributed by atoms with Crippen molar-refractivity contribution >= 4 is 32.7 Å². The van der Waals surface area contributed by atoms with Crippen LogP contribution in [-0.2, 0) is 0 Å². The lowest BCUT2D eigenvalue weighted by Gasteiger charge is -2.09. The predicted octanol–water partition coefficient (Wildman–Crippen LogP) is 4.23. The van der Waals surface area contributed by atoms with Crippen molar-refractivity contribution in [2.45, 2.75) is 6.92 Å². The van der Waals surface area contributed by atoms with Crippen LogP contribution in [-0.4, -0.2) is 9.97 Å². The van der Waals surface area contributed by atoms with E-state index in [-0.39, 0.29) is 17.2 Å². The fraction of sp³-hybridized carbons (Fsp3) is 0.0667. The van der Waals surface area contributed by atoms with E-state index in [1.54, 1.807) is 25.1 Å². The van der Waals surface area contributed by atoms with Gasteiger partial charge >= 0.3 is 0 Å². The van der Waals surface area contributed by atoms with Crippen LogP contribution < -0.4 is 5.73 Å². The van der Waals surface area contributed by atoms with Crippen molar-refractivity contribution in [3.05, 3.63) is 52.0 Å². The molecule has 0 aliphatic carbocycles. The van der Waals surface area contributed by atoms with E-state index in [1.165, 1.54) is 12.1 Å². The van der Waals surface area contributed by atoms with Gasteiger partial charge in [-0.25, -0.2) is 18.7 Å². The molecule has 0 aliphatic heterocycles. The summed E-state index contributed by atoms with van der Waals surface area (Å²) >= 11 is 3.33. The molecule has 0 saturated heterocycles. The molecule has 106 valence electrons. The highest BCUT2D eigenvalue weighted by molar-refractivity contribution is 9.10. The number of hydrogen-bond acceptors (Lipinski definition) is 3. The van der Waals surface area contributed by atoms with E-state index in [0.29, 0.717) is 16.5 Å². The molecule has 3 rings (SSSR count). The fourth-order valence-corrected chi connectivity index (χ4v) is 2.46. The molecule has 2 N–H and O–H groups in total. The summed E-state index contributed by atoms with van der Waals surface area (Å²) in [5.74, 6) is -1.27. The van der Waals surface area contributed by atoms with E-state index in [1.807, 2.05) is 0 Å². The van der Waals surface area contributed by atoms with Crippen LogP contribution >= 0.6 is 15.9 Å². The Morgan fingerprint density at radius 1 is 1.10 bits per heavy atom. The molecule has 6 heteroatoms. The molecule has 0 spiro atoms. The van der Waals surface area contributed by atoms with E-state index in [9.17, 15) is 8.78 Å². The second-order valence-electron chi connectivity index (χ2n) is 4.65. The second-order valence-corrected chi connectivity index (χ2v) is 5.56. The van der Waals surface area contributed by atoms with Gasteiger partial charge in [-0.2, -0.15) is 0 Å². The Balaban J connectivity index is 2.32. The summed E-state index contributed by atoms with van der Waals surface area (Å²) in [4.78, 5) is 8.26. The first-order chi connectivity index (χ1) is 9.97. The van der Waals surface area contributed by atoms with Gasteiger partial charge in [0.1, 0.15) is 17.5 Å². The third kappa shape index (κ3) is 2.35. The maximum Gasteiger partial charge on any atom is 0.168 e. The highest BCUT2D eigenvalue weighted by Gasteiger charge is 2.17. The quantitative estimate of drug-likeness (QED) is 0.715. The van der Waals surface area contributed by atoms with Crippen LogP contribution in [0.5, 0.6) is 0 Å². The number of nitrogens with two attached hydrogens (primary N) is 1. The lowest BCUT2D eigenvalue weighted by molar-refractivity contribution is 0.582. The average Bonchev–Trinajstić information content (AvgIpc) is 2.44. The average molecular weight is 350 g/mol. The summed E-state index contributed by atoms with van der Waals surface area (Å²) in [6.07, 6.45) is 0. The largest absolute Gasteiger partial charge is 0.383 e. The van der Waals surface area contributed by atoms with Crippen LogP contribution in [0, 0.1) is 18.6 Å². The van der Waals surface area contributed by atoms with Gasteiger partial charge in [0.05, 0.1) is 11.1 Å². The molecule has 0 amide bonds. The Bertz CT molecular complexity index is 865. The third-order valence-electron chi connectivity index (χ3n) is 3.20. The summed E-state index contributed by atoms with van der Waals surface area (Å²) in [6.45, 7) is 1.56. The Labute approximate surface area is 128 Å². The number of anilines is 1. The molecule has 0 aliphatic rings. The highest BCUT2D eigenvalue weighted by atomic mass is 79.9. The summed E-state index contributed by atoms with van der Waals surface area (Å²) in [5.41, 5.74) is 6.48. The topological polar surface area (TPSA) is 51.8 Å². The molecule has 0 radical (unpaired) electrons. The zero-order valence-corrected chi connectivity index (χ0v) is 12.6. The van der Waals surface area contributed by atoms with Crippen LogP contribution in [0.2, 0.25) is 0 Å². The minimum Gasteiger partial charge on any atom is -0.383 e. The number of rotatable bonds is 1. The molecule has 1 heterocycles. The molecular formula is C15H10BrF2N3. The first-order valence-electron chi connectivity index (χ1n) is 6.15. The lowest BCUT2D eigenvalue weighted by atomic mass is 10.1. The number of nitrogen functional groups attached to an aromatic ring is 1. The number of halogens is 3. The van der Waals surface area contributed by atoms with Gasteiger partial charge in [-0.3, -0.25) is 0 Å². The smallest absolute Gasteiger partial charge is 0.168 e. The summed E-state index contributed by atoms with van der Waals surface area (Å²) < 4.78 is 28.9. The van der Waals surface area contributed by atoms with E-state index in [0.717, 1.165) is 4.47 Å². The van der Waals surface area contributed by atoms with Gasteiger partial charge in [0, 0.05) is 9.86 Å². The van der Waals surface area contributed by atoms with E-state index in [4.69, 9.17) is 5.73 Å². The van der Waals surface area contributed by atoms with E-state index in [2.05, 4.69) is 25.9 Å². The van der Waals surface area contributed by atoms with Gasteiger partial charge < -0.3 is 5.73 Å². The molecule has 0 saturated carbocycles. The molecule has 3 nitrogen and oxygen atoms in total. The van der Waals surface area contributed by atoms with E-state index >= 15 is 0 Å². The zero-order chi connectivity index (χ0) is 15.1. The Morgan fingerprint density at radius 3 is 2.62 bits per heavy atom. The molecule has 0 unspecified atom stereocenters.